The van der Waals surface area contributed by atoms with Gasteiger partial charge in [0, 0.05) is 6.04 Å². The first-order valence-electron chi connectivity index (χ1n) is 8.32. The van der Waals surface area contributed by atoms with Crippen LogP contribution in [0.1, 0.15) is 44.1 Å². The van der Waals surface area contributed by atoms with Crippen molar-refractivity contribution in [2.24, 2.45) is 11.1 Å². The molecule has 1 unspecified atom stereocenters. The molecular weight excluding hydrogens is 276 g/mol. The van der Waals surface area contributed by atoms with Gasteiger partial charge in [-0.15, -0.1) is 0 Å². The van der Waals surface area contributed by atoms with E-state index in [1.165, 1.54) is 5.56 Å². The Morgan fingerprint density at radius 2 is 1.95 bits per heavy atom. The second kappa shape index (κ2) is 8.30. The molecule has 1 heterocycles. The van der Waals surface area contributed by atoms with Gasteiger partial charge in [-0.05, 0) is 56.2 Å². The van der Waals surface area contributed by atoms with Gasteiger partial charge >= 0.3 is 5.97 Å². The monoisotopic (exact) mass is 304 g/mol. The number of benzene rings is 1. The maximum absolute atomic E-state index is 11.2. The Hall–Kier alpha value is -1.39. The van der Waals surface area contributed by atoms with Crippen LogP contribution >= 0.6 is 0 Å². The van der Waals surface area contributed by atoms with E-state index >= 15 is 0 Å². The molecule has 1 aromatic carbocycles. The first-order chi connectivity index (χ1) is 10.6. The summed E-state index contributed by atoms with van der Waals surface area (Å²) in [5.41, 5.74) is 7.49. The lowest BCUT2D eigenvalue weighted by Crippen LogP contribution is -2.38. The third-order valence-corrected chi connectivity index (χ3v) is 4.81. The lowest BCUT2D eigenvalue weighted by atomic mass is 9.72. The Bertz CT molecular complexity index is 455. The maximum Gasteiger partial charge on any atom is 0.303 e. The zero-order chi connectivity index (χ0) is 15.8. The van der Waals surface area contributed by atoms with Crippen LogP contribution in [0.2, 0.25) is 0 Å². The second-order valence-corrected chi connectivity index (χ2v) is 6.66. The quantitative estimate of drug-likeness (QED) is 0.690. The van der Waals surface area contributed by atoms with Crippen LogP contribution in [0.15, 0.2) is 30.3 Å². The predicted octanol–water partition coefficient (Wildman–Crippen LogP) is 2.57. The van der Waals surface area contributed by atoms with Gasteiger partial charge in [-0.2, -0.15) is 0 Å². The minimum atomic E-state index is -0.671. The summed E-state index contributed by atoms with van der Waals surface area (Å²) in [5, 5.41) is 12.5. The van der Waals surface area contributed by atoms with Crippen molar-refractivity contribution in [1.29, 1.82) is 0 Å². The van der Waals surface area contributed by atoms with E-state index in [1.54, 1.807) is 0 Å². The van der Waals surface area contributed by atoms with Crippen molar-refractivity contribution in [3.63, 3.8) is 0 Å². The normalized spacial score (nSPS) is 18.8. The van der Waals surface area contributed by atoms with Crippen LogP contribution in [0.5, 0.6) is 0 Å². The van der Waals surface area contributed by atoms with Crippen molar-refractivity contribution >= 4 is 5.97 Å². The first kappa shape index (κ1) is 17.0. The SMILES string of the molecule is NC(CCCC1(CC(=O)O)CCNCC1)Cc1ccccc1. The van der Waals surface area contributed by atoms with Gasteiger partial charge in [-0.1, -0.05) is 36.8 Å². The predicted molar refractivity (Wildman–Crippen MR) is 88.8 cm³/mol. The summed E-state index contributed by atoms with van der Waals surface area (Å²) in [4.78, 5) is 11.2. The Kier molecular flexibility index (Phi) is 6.40. The van der Waals surface area contributed by atoms with Gasteiger partial charge in [-0.25, -0.2) is 0 Å². The number of nitrogens with two attached hydrogens (primary N) is 1. The summed E-state index contributed by atoms with van der Waals surface area (Å²) >= 11 is 0. The zero-order valence-corrected chi connectivity index (χ0v) is 13.3. The van der Waals surface area contributed by atoms with Gasteiger partial charge in [0.15, 0.2) is 0 Å². The molecule has 1 aliphatic rings. The number of rotatable bonds is 8. The van der Waals surface area contributed by atoms with Crippen molar-refractivity contribution in [3.05, 3.63) is 35.9 Å². The van der Waals surface area contributed by atoms with Crippen LogP contribution in [-0.4, -0.2) is 30.2 Å². The molecule has 1 atom stereocenters. The van der Waals surface area contributed by atoms with Crippen LogP contribution < -0.4 is 11.1 Å². The number of hydrogen-bond donors (Lipinski definition) is 3. The fourth-order valence-electron chi connectivity index (χ4n) is 3.55. The van der Waals surface area contributed by atoms with E-state index in [4.69, 9.17) is 5.73 Å². The zero-order valence-electron chi connectivity index (χ0n) is 13.3. The van der Waals surface area contributed by atoms with Gasteiger partial charge in [0.05, 0.1) is 6.42 Å². The molecule has 0 bridgehead atoms. The molecule has 0 aliphatic carbocycles. The molecule has 22 heavy (non-hydrogen) atoms. The summed E-state index contributed by atoms with van der Waals surface area (Å²) in [6, 6.07) is 10.5. The van der Waals surface area contributed by atoms with Gasteiger partial charge in [0.1, 0.15) is 0 Å². The summed E-state index contributed by atoms with van der Waals surface area (Å²) in [6.45, 7) is 1.87. The average molecular weight is 304 g/mol. The maximum atomic E-state index is 11.2. The highest BCUT2D eigenvalue weighted by Gasteiger charge is 2.33. The van der Waals surface area contributed by atoms with Gasteiger partial charge < -0.3 is 16.2 Å². The number of piperidine rings is 1. The molecule has 1 fully saturated rings. The Labute approximate surface area is 133 Å². The number of carbonyl (C=O) groups is 1. The molecule has 4 N–H and O–H groups in total. The molecule has 1 saturated heterocycles. The molecule has 1 aromatic rings. The molecule has 0 amide bonds. The minimum Gasteiger partial charge on any atom is -0.481 e. The second-order valence-electron chi connectivity index (χ2n) is 6.66. The number of carboxylic acids is 1. The molecule has 4 heteroatoms. The first-order valence-corrected chi connectivity index (χ1v) is 8.32. The minimum absolute atomic E-state index is 0.0243. The van der Waals surface area contributed by atoms with Gasteiger partial charge in [0.2, 0.25) is 0 Å². The third kappa shape index (κ3) is 5.43. The van der Waals surface area contributed by atoms with E-state index in [9.17, 15) is 9.90 Å². The van der Waals surface area contributed by atoms with Crippen LogP contribution in [0.25, 0.3) is 0 Å². The van der Waals surface area contributed by atoms with Gasteiger partial charge in [0.25, 0.3) is 0 Å². The number of aliphatic carboxylic acids is 1. The van der Waals surface area contributed by atoms with Crippen molar-refractivity contribution < 1.29 is 9.90 Å². The molecule has 2 rings (SSSR count). The smallest absolute Gasteiger partial charge is 0.303 e. The molecule has 0 aromatic heterocycles. The number of carboxylic acid groups (broad SMARTS) is 1. The Balaban J connectivity index is 1.78. The molecular formula is C18H28N2O2. The van der Waals surface area contributed by atoms with E-state index < -0.39 is 5.97 Å². The van der Waals surface area contributed by atoms with Crippen molar-refractivity contribution in [2.75, 3.05) is 13.1 Å². The van der Waals surface area contributed by atoms with Gasteiger partial charge in [-0.3, -0.25) is 4.79 Å². The number of hydrogen-bond acceptors (Lipinski definition) is 3. The molecule has 122 valence electrons. The third-order valence-electron chi connectivity index (χ3n) is 4.81. The summed E-state index contributed by atoms with van der Waals surface area (Å²) in [5.74, 6) is -0.671. The molecule has 4 nitrogen and oxygen atoms in total. The molecule has 0 saturated carbocycles. The highest BCUT2D eigenvalue weighted by molar-refractivity contribution is 5.67. The summed E-state index contributed by atoms with van der Waals surface area (Å²) in [6.07, 6.45) is 6.08. The van der Waals surface area contributed by atoms with E-state index in [-0.39, 0.29) is 11.5 Å². The topological polar surface area (TPSA) is 75.4 Å². The lowest BCUT2D eigenvalue weighted by molar-refractivity contribution is -0.140. The van der Waals surface area contributed by atoms with Crippen molar-refractivity contribution in [3.8, 4) is 0 Å². The molecule has 1 aliphatic heterocycles. The van der Waals surface area contributed by atoms with Crippen molar-refractivity contribution in [2.45, 2.75) is 51.0 Å². The average Bonchev–Trinajstić information content (AvgIpc) is 2.48. The van der Waals surface area contributed by atoms with Crippen LogP contribution in [0.3, 0.4) is 0 Å². The summed E-state index contributed by atoms with van der Waals surface area (Å²) < 4.78 is 0. The fraction of sp³-hybridized carbons (Fsp3) is 0.611. The highest BCUT2D eigenvalue weighted by Crippen LogP contribution is 2.38. The molecule has 0 radical (unpaired) electrons. The molecule has 0 spiro atoms. The van der Waals surface area contributed by atoms with Crippen molar-refractivity contribution in [1.82, 2.24) is 5.32 Å². The Morgan fingerprint density at radius 1 is 1.27 bits per heavy atom. The fourth-order valence-corrected chi connectivity index (χ4v) is 3.55. The summed E-state index contributed by atoms with van der Waals surface area (Å²) in [7, 11) is 0. The van der Waals surface area contributed by atoms with E-state index in [0.29, 0.717) is 6.42 Å². The lowest BCUT2D eigenvalue weighted by Gasteiger charge is -2.37. The van der Waals surface area contributed by atoms with Crippen LogP contribution in [0.4, 0.5) is 0 Å². The van der Waals surface area contributed by atoms with E-state index in [0.717, 1.165) is 51.6 Å². The van der Waals surface area contributed by atoms with Crippen LogP contribution in [-0.2, 0) is 11.2 Å². The van der Waals surface area contributed by atoms with E-state index in [1.807, 2.05) is 18.2 Å². The van der Waals surface area contributed by atoms with Crippen LogP contribution in [0, 0.1) is 5.41 Å². The largest absolute Gasteiger partial charge is 0.481 e. The highest BCUT2D eigenvalue weighted by atomic mass is 16.4. The number of nitrogens with one attached hydrogen (secondary N) is 1. The van der Waals surface area contributed by atoms with E-state index in [2.05, 4.69) is 17.4 Å². The standard InChI is InChI=1S/C18H28N2O2/c19-16(13-15-5-2-1-3-6-15)7-4-8-18(14-17(21)22)9-11-20-12-10-18/h1-3,5-6,16,20H,4,7-14,19H2,(H,21,22). The Morgan fingerprint density at radius 3 is 2.59 bits per heavy atom.